The number of halogens is 1. The molecule has 0 spiro atoms. The number of hydrogen-bond acceptors (Lipinski definition) is 4. The zero-order valence-corrected chi connectivity index (χ0v) is 18.7. The Morgan fingerprint density at radius 2 is 1.54 bits per heavy atom. The molecule has 1 saturated carbocycles. The number of ether oxygens (including phenoxy) is 1. The van der Waals surface area contributed by atoms with Gasteiger partial charge in [0, 0.05) is 12.0 Å². The lowest BCUT2D eigenvalue weighted by atomic mass is 9.80. The van der Waals surface area contributed by atoms with Crippen molar-refractivity contribution in [3.63, 3.8) is 0 Å². The summed E-state index contributed by atoms with van der Waals surface area (Å²) in [6, 6.07) is 19.4. The quantitative estimate of drug-likeness (QED) is 0.477. The first-order valence-electron chi connectivity index (χ1n) is 11.4. The molecule has 2 amide bonds. The summed E-state index contributed by atoms with van der Waals surface area (Å²) in [5.41, 5.74) is 3.94. The minimum atomic E-state index is -0.904. The van der Waals surface area contributed by atoms with Crippen LogP contribution in [0.3, 0.4) is 0 Å². The van der Waals surface area contributed by atoms with Gasteiger partial charge in [0.15, 0.2) is 0 Å². The number of hydrogen-bond donors (Lipinski definition) is 3. The van der Waals surface area contributed by atoms with E-state index in [-0.39, 0.29) is 29.8 Å². The van der Waals surface area contributed by atoms with Gasteiger partial charge in [0.1, 0.15) is 12.4 Å². The zero-order chi connectivity index (χ0) is 24.5. The van der Waals surface area contributed by atoms with Crippen molar-refractivity contribution < 1.29 is 28.6 Å². The molecule has 2 aliphatic carbocycles. The molecular formula is C27H23FN2O5. The van der Waals surface area contributed by atoms with Crippen LogP contribution in [0.5, 0.6) is 0 Å². The molecule has 0 atom stereocenters. The Labute approximate surface area is 200 Å². The second kappa shape index (κ2) is 9.21. The van der Waals surface area contributed by atoms with Crippen molar-refractivity contribution in [2.45, 2.75) is 24.8 Å². The topological polar surface area (TPSA) is 105 Å². The third-order valence-electron chi connectivity index (χ3n) is 6.65. The van der Waals surface area contributed by atoms with Gasteiger partial charge in [-0.05, 0) is 47.2 Å². The number of aliphatic carboxylic acids is 1. The minimum absolute atomic E-state index is 0.0501. The summed E-state index contributed by atoms with van der Waals surface area (Å²) in [4.78, 5) is 36.3. The third-order valence-corrected chi connectivity index (χ3v) is 6.65. The maximum absolute atomic E-state index is 14.6. The van der Waals surface area contributed by atoms with E-state index in [4.69, 9.17) is 9.84 Å². The Balaban J connectivity index is 1.26. The van der Waals surface area contributed by atoms with Crippen molar-refractivity contribution in [3.05, 3.63) is 89.2 Å². The van der Waals surface area contributed by atoms with Gasteiger partial charge >= 0.3 is 12.1 Å². The average Bonchev–Trinajstić information content (AvgIpc) is 3.14. The number of nitrogens with one attached hydrogen (secondary N) is 2. The van der Waals surface area contributed by atoms with Crippen molar-refractivity contribution in [2.24, 2.45) is 5.92 Å². The number of para-hydroxylation sites is 1. The number of carbonyl (C=O) groups excluding carboxylic acids is 2. The van der Waals surface area contributed by atoms with Gasteiger partial charge in [-0.2, -0.15) is 0 Å². The molecule has 0 saturated heterocycles. The largest absolute Gasteiger partial charge is 0.481 e. The van der Waals surface area contributed by atoms with Gasteiger partial charge in [0.25, 0.3) is 5.91 Å². The second-order valence-electron chi connectivity index (χ2n) is 8.79. The fourth-order valence-electron chi connectivity index (χ4n) is 4.78. The average molecular weight is 474 g/mol. The van der Waals surface area contributed by atoms with Gasteiger partial charge in [-0.1, -0.05) is 54.6 Å². The first-order valence-corrected chi connectivity index (χ1v) is 11.4. The molecule has 3 aromatic carbocycles. The van der Waals surface area contributed by atoms with E-state index in [1.165, 1.54) is 12.1 Å². The normalized spacial score (nSPS) is 18.1. The highest BCUT2D eigenvalue weighted by atomic mass is 19.1. The number of carboxylic acids is 1. The number of carboxylic acid groups (broad SMARTS) is 1. The molecular weight excluding hydrogens is 451 g/mol. The highest BCUT2D eigenvalue weighted by molar-refractivity contribution is 6.03. The van der Waals surface area contributed by atoms with Crippen LogP contribution in [0.1, 0.15) is 40.2 Å². The second-order valence-corrected chi connectivity index (χ2v) is 8.79. The maximum atomic E-state index is 14.6. The standard InChI is InChI=1S/C27H23FN2O5/c28-23-11-5-10-21(25(31)29-16-12-15(13-16)26(32)33)24(23)30-27(34)35-14-22-19-8-3-1-6-17(19)18-7-2-4-9-20(18)22/h1-11,15-16,22H,12-14H2,(H,29,31)(H,30,34)(H,32,33). The van der Waals surface area contributed by atoms with Crippen molar-refractivity contribution in [1.82, 2.24) is 5.32 Å². The summed E-state index contributed by atoms with van der Waals surface area (Å²) in [5, 5.41) is 14.1. The molecule has 35 heavy (non-hydrogen) atoms. The molecule has 3 N–H and O–H groups in total. The Bertz CT molecular complexity index is 1270. The summed E-state index contributed by atoms with van der Waals surface area (Å²) in [6.45, 7) is 0.0501. The summed E-state index contributed by atoms with van der Waals surface area (Å²) < 4.78 is 20.1. The van der Waals surface area contributed by atoms with Gasteiger partial charge in [0.2, 0.25) is 0 Å². The van der Waals surface area contributed by atoms with Gasteiger partial charge in [0.05, 0.1) is 17.2 Å². The van der Waals surface area contributed by atoms with Gasteiger partial charge in [-0.3, -0.25) is 14.9 Å². The summed E-state index contributed by atoms with van der Waals surface area (Å²) in [6.07, 6.45) is -0.252. The molecule has 5 rings (SSSR count). The molecule has 178 valence electrons. The Hall–Kier alpha value is -4.20. The lowest BCUT2D eigenvalue weighted by Gasteiger charge is -2.33. The van der Waals surface area contributed by atoms with E-state index in [0.717, 1.165) is 28.3 Å². The number of benzene rings is 3. The molecule has 3 aromatic rings. The maximum Gasteiger partial charge on any atom is 0.411 e. The predicted octanol–water partition coefficient (Wildman–Crippen LogP) is 4.78. The van der Waals surface area contributed by atoms with Crippen molar-refractivity contribution in [2.75, 3.05) is 11.9 Å². The molecule has 0 radical (unpaired) electrons. The van der Waals surface area contributed by atoms with Gasteiger partial charge < -0.3 is 15.2 Å². The summed E-state index contributed by atoms with van der Waals surface area (Å²) >= 11 is 0. The van der Waals surface area contributed by atoms with Crippen LogP contribution in [0, 0.1) is 11.7 Å². The van der Waals surface area contributed by atoms with E-state index in [2.05, 4.69) is 10.6 Å². The van der Waals surface area contributed by atoms with Crippen LogP contribution in [0.15, 0.2) is 66.7 Å². The number of rotatable bonds is 6. The third kappa shape index (κ3) is 4.35. The Morgan fingerprint density at radius 1 is 0.914 bits per heavy atom. The van der Waals surface area contributed by atoms with E-state index < -0.39 is 29.7 Å². The fourth-order valence-corrected chi connectivity index (χ4v) is 4.78. The van der Waals surface area contributed by atoms with Crippen molar-refractivity contribution in [1.29, 1.82) is 0 Å². The van der Waals surface area contributed by atoms with Crippen molar-refractivity contribution >= 4 is 23.7 Å². The Kier molecular flexibility index (Phi) is 5.94. The lowest BCUT2D eigenvalue weighted by Crippen LogP contribution is -2.46. The first-order chi connectivity index (χ1) is 16.9. The molecule has 0 aliphatic heterocycles. The van der Waals surface area contributed by atoms with E-state index in [1.54, 1.807) is 0 Å². The van der Waals surface area contributed by atoms with E-state index in [1.807, 2.05) is 48.5 Å². The molecule has 2 aliphatic rings. The van der Waals surface area contributed by atoms with E-state index >= 15 is 0 Å². The smallest absolute Gasteiger partial charge is 0.411 e. The van der Waals surface area contributed by atoms with E-state index in [0.29, 0.717) is 12.8 Å². The van der Waals surface area contributed by atoms with Crippen LogP contribution in [-0.4, -0.2) is 35.7 Å². The lowest BCUT2D eigenvalue weighted by molar-refractivity contribution is -0.145. The fraction of sp³-hybridized carbons (Fsp3) is 0.222. The van der Waals surface area contributed by atoms with Crippen molar-refractivity contribution in [3.8, 4) is 11.1 Å². The number of anilines is 1. The predicted molar refractivity (Wildman–Crippen MR) is 127 cm³/mol. The molecule has 0 aromatic heterocycles. The van der Waals surface area contributed by atoms with Gasteiger partial charge in [-0.25, -0.2) is 9.18 Å². The summed E-state index contributed by atoms with van der Waals surface area (Å²) in [5.74, 6) is -2.92. The highest BCUT2D eigenvalue weighted by Crippen LogP contribution is 2.44. The molecule has 0 bridgehead atoms. The number of amides is 2. The van der Waals surface area contributed by atoms with Crippen LogP contribution < -0.4 is 10.6 Å². The Morgan fingerprint density at radius 3 is 2.17 bits per heavy atom. The van der Waals surface area contributed by atoms with Crippen LogP contribution in [0.25, 0.3) is 11.1 Å². The summed E-state index contributed by atoms with van der Waals surface area (Å²) in [7, 11) is 0. The first kappa shape index (κ1) is 22.6. The minimum Gasteiger partial charge on any atom is -0.481 e. The monoisotopic (exact) mass is 474 g/mol. The zero-order valence-electron chi connectivity index (χ0n) is 18.7. The van der Waals surface area contributed by atoms with Crippen LogP contribution >= 0.6 is 0 Å². The SMILES string of the molecule is O=C(Nc1c(F)cccc1C(=O)NC1CC(C(=O)O)C1)OCC1c2ccccc2-c2ccccc21. The van der Waals surface area contributed by atoms with E-state index in [9.17, 15) is 18.8 Å². The van der Waals surface area contributed by atoms with Crippen LogP contribution in [-0.2, 0) is 9.53 Å². The van der Waals surface area contributed by atoms with Crippen LogP contribution in [0.2, 0.25) is 0 Å². The van der Waals surface area contributed by atoms with Crippen LogP contribution in [0.4, 0.5) is 14.9 Å². The molecule has 8 heteroatoms. The highest BCUT2D eigenvalue weighted by Gasteiger charge is 2.36. The molecule has 0 heterocycles. The number of fused-ring (bicyclic) bond motifs is 3. The van der Waals surface area contributed by atoms with Gasteiger partial charge in [-0.15, -0.1) is 0 Å². The molecule has 1 fully saturated rings. The number of carbonyl (C=O) groups is 3. The molecule has 7 nitrogen and oxygen atoms in total. The molecule has 0 unspecified atom stereocenters.